The Hall–Kier alpha value is -2.27. The van der Waals surface area contributed by atoms with Crippen molar-refractivity contribution in [1.29, 1.82) is 0 Å². The highest BCUT2D eigenvalue weighted by Crippen LogP contribution is 2.23. The van der Waals surface area contributed by atoms with Crippen molar-refractivity contribution < 1.29 is 9.59 Å². The molecule has 3 rings (SSSR count). The summed E-state index contributed by atoms with van der Waals surface area (Å²) in [6, 6.07) is 15.2. The summed E-state index contributed by atoms with van der Waals surface area (Å²) < 4.78 is 0. The molecule has 1 aliphatic carbocycles. The molecule has 0 aliphatic heterocycles. The van der Waals surface area contributed by atoms with Crippen LogP contribution in [0.25, 0.3) is 0 Å². The molecule has 0 unspecified atom stereocenters. The number of benzene rings is 2. The molecule has 2 amide bonds. The average molecular weight is 383 g/mol. The maximum Gasteiger partial charge on any atom is 0.255 e. The Morgan fingerprint density at radius 1 is 1.04 bits per heavy atom. The first-order valence-electron chi connectivity index (χ1n) is 9.48. The van der Waals surface area contributed by atoms with Crippen LogP contribution in [-0.2, 0) is 11.3 Å². The van der Waals surface area contributed by atoms with Crippen LogP contribution in [0.1, 0.15) is 48.0 Å². The second kappa shape index (κ2) is 9.60. The normalized spacial score (nSPS) is 14.6. The first-order chi connectivity index (χ1) is 13.2. The molecule has 142 valence electrons. The van der Waals surface area contributed by atoms with Gasteiger partial charge in [0.25, 0.3) is 5.91 Å². The van der Waals surface area contributed by atoms with Crippen molar-refractivity contribution >= 4 is 29.3 Å². The summed E-state index contributed by atoms with van der Waals surface area (Å²) in [5.41, 5.74) is 2.39. The lowest BCUT2D eigenvalue weighted by Gasteiger charge is -2.20. The van der Waals surface area contributed by atoms with E-state index in [0.29, 0.717) is 12.1 Å². The summed E-state index contributed by atoms with van der Waals surface area (Å²) in [4.78, 5) is 25.7. The molecule has 1 aliphatic rings. The van der Waals surface area contributed by atoms with Gasteiger partial charge in [0, 0.05) is 28.6 Å². The molecule has 0 bridgehead atoms. The number of carbonyl (C=O) groups excluding carboxylic acids is 2. The zero-order valence-corrected chi connectivity index (χ0v) is 16.5. The molecule has 0 saturated heterocycles. The molecule has 2 aromatic rings. The lowest BCUT2D eigenvalue weighted by Crippen LogP contribution is -2.31. The van der Waals surface area contributed by atoms with Crippen LogP contribution in [0.2, 0.25) is 0 Å². The van der Waals surface area contributed by atoms with E-state index in [1.54, 1.807) is 23.9 Å². The van der Waals surface area contributed by atoms with Gasteiger partial charge in [-0.05, 0) is 55.0 Å². The van der Waals surface area contributed by atoms with Crippen molar-refractivity contribution in [1.82, 2.24) is 5.32 Å². The van der Waals surface area contributed by atoms with Crippen molar-refractivity contribution in [3.63, 3.8) is 0 Å². The standard InChI is InChI=1S/C22H26N2O2S/c1-27-20-9-5-8-19(14-20)24-22(26)18-12-10-16(11-13-18)15-23-21(25)17-6-3-2-4-7-17/h5,8-14,17H,2-4,6-7,15H2,1H3,(H,23,25)(H,24,26). The van der Waals surface area contributed by atoms with E-state index in [1.165, 1.54) is 6.42 Å². The van der Waals surface area contributed by atoms with Crippen molar-refractivity contribution in [3.05, 3.63) is 59.7 Å². The van der Waals surface area contributed by atoms with Crippen LogP contribution in [0.5, 0.6) is 0 Å². The Morgan fingerprint density at radius 2 is 1.78 bits per heavy atom. The molecule has 5 heteroatoms. The van der Waals surface area contributed by atoms with Crippen molar-refractivity contribution in [3.8, 4) is 0 Å². The van der Waals surface area contributed by atoms with Gasteiger partial charge in [0.05, 0.1) is 0 Å². The highest BCUT2D eigenvalue weighted by Gasteiger charge is 2.20. The van der Waals surface area contributed by atoms with E-state index in [1.807, 2.05) is 42.7 Å². The number of rotatable bonds is 6. The maximum atomic E-state index is 12.4. The molecule has 4 nitrogen and oxygen atoms in total. The minimum Gasteiger partial charge on any atom is -0.352 e. The fourth-order valence-corrected chi connectivity index (χ4v) is 3.84. The van der Waals surface area contributed by atoms with Gasteiger partial charge in [0.15, 0.2) is 0 Å². The summed E-state index contributed by atoms with van der Waals surface area (Å²) >= 11 is 1.64. The van der Waals surface area contributed by atoms with Crippen LogP contribution < -0.4 is 10.6 Å². The summed E-state index contributed by atoms with van der Waals surface area (Å²) in [7, 11) is 0. The molecule has 1 saturated carbocycles. The van der Waals surface area contributed by atoms with Crippen molar-refractivity contribution in [2.75, 3.05) is 11.6 Å². The number of hydrogen-bond donors (Lipinski definition) is 2. The van der Waals surface area contributed by atoms with E-state index in [4.69, 9.17) is 0 Å². The number of hydrogen-bond acceptors (Lipinski definition) is 3. The van der Waals surface area contributed by atoms with Crippen molar-refractivity contribution in [2.45, 2.75) is 43.5 Å². The topological polar surface area (TPSA) is 58.2 Å². The largest absolute Gasteiger partial charge is 0.352 e. The number of thioether (sulfide) groups is 1. The van der Waals surface area contributed by atoms with Gasteiger partial charge in [-0.3, -0.25) is 9.59 Å². The van der Waals surface area contributed by atoms with E-state index < -0.39 is 0 Å². The van der Waals surface area contributed by atoms with E-state index in [0.717, 1.165) is 41.8 Å². The summed E-state index contributed by atoms with van der Waals surface area (Å²) in [5, 5.41) is 5.95. The molecular weight excluding hydrogens is 356 g/mol. The zero-order valence-electron chi connectivity index (χ0n) is 15.7. The molecule has 0 radical (unpaired) electrons. The SMILES string of the molecule is CSc1cccc(NC(=O)c2ccc(CNC(=O)C3CCCCC3)cc2)c1. The van der Waals surface area contributed by atoms with Crippen LogP contribution in [0, 0.1) is 5.92 Å². The first kappa shape index (κ1) is 19.5. The van der Waals surface area contributed by atoms with E-state index in [-0.39, 0.29) is 17.7 Å². The number of nitrogens with one attached hydrogen (secondary N) is 2. The molecule has 2 aromatic carbocycles. The maximum absolute atomic E-state index is 12.4. The Morgan fingerprint density at radius 3 is 2.48 bits per heavy atom. The third kappa shape index (κ3) is 5.60. The van der Waals surface area contributed by atoms with Gasteiger partial charge in [-0.1, -0.05) is 37.5 Å². The molecule has 27 heavy (non-hydrogen) atoms. The van der Waals surface area contributed by atoms with Gasteiger partial charge in [-0.25, -0.2) is 0 Å². The predicted octanol–water partition coefficient (Wildman–Crippen LogP) is 4.86. The molecule has 0 aromatic heterocycles. The number of amides is 2. The first-order valence-corrected chi connectivity index (χ1v) is 10.7. The lowest BCUT2D eigenvalue weighted by molar-refractivity contribution is -0.126. The van der Waals surface area contributed by atoms with Gasteiger partial charge in [0.2, 0.25) is 5.91 Å². The van der Waals surface area contributed by atoms with E-state index >= 15 is 0 Å². The summed E-state index contributed by atoms with van der Waals surface area (Å²) in [5.74, 6) is 0.192. The Bertz CT molecular complexity index is 783. The second-order valence-corrected chi connectivity index (χ2v) is 7.82. The monoisotopic (exact) mass is 382 g/mol. The number of carbonyl (C=O) groups is 2. The summed E-state index contributed by atoms with van der Waals surface area (Å²) in [6.45, 7) is 0.507. The fourth-order valence-electron chi connectivity index (χ4n) is 3.38. The van der Waals surface area contributed by atoms with Crippen LogP contribution in [0.15, 0.2) is 53.4 Å². The second-order valence-electron chi connectivity index (χ2n) is 6.94. The smallest absolute Gasteiger partial charge is 0.255 e. The zero-order chi connectivity index (χ0) is 19.1. The highest BCUT2D eigenvalue weighted by atomic mass is 32.2. The van der Waals surface area contributed by atoms with E-state index in [2.05, 4.69) is 10.6 Å². The van der Waals surface area contributed by atoms with Crippen molar-refractivity contribution in [2.24, 2.45) is 5.92 Å². The Balaban J connectivity index is 1.53. The van der Waals surface area contributed by atoms with Gasteiger partial charge < -0.3 is 10.6 Å². The molecule has 2 N–H and O–H groups in total. The van der Waals surface area contributed by atoms with Gasteiger partial charge in [0.1, 0.15) is 0 Å². The molecule has 0 heterocycles. The molecule has 0 spiro atoms. The minimum atomic E-state index is -0.133. The van der Waals surface area contributed by atoms with Crippen LogP contribution >= 0.6 is 11.8 Å². The van der Waals surface area contributed by atoms with Crippen LogP contribution in [0.3, 0.4) is 0 Å². The van der Waals surface area contributed by atoms with Gasteiger partial charge in [-0.2, -0.15) is 0 Å². The lowest BCUT2D eigenvalue weighted by atomic mass is 9.88. The van der Waals surface area contributed by atoms with Gasteiger partial charge in [-0.15, -0.1) is 11.8 Å². The highest BCUT2D eigenvalue weighted by molar-refractivity contribution is 7.98. The minimum absolute atomic E-state index is 0.133. The third-order valence-electron chi connectivity index (χ3n) is 4.99. The average Bonchev–Trinajstić information content (AvgIpc) is 2.73. The molecule has 1 fully saturated rings. The summed E-state index contributed by atoms with van der Waals surface area (Å²) in [6.07, 6.45) is 7.57. The van der Waals surface area contributed by atoms with E-state index in [9.17, 15) is 9.59 Å². The third-order valence-corrected chi connectivity index (χ3v) is 5.71. The quantitative estimate of drug-likeness (QED) is 0.702. The predicted molar refractivity (Wildman–Crippen MR) is 111 cm³/mol. The fraction of sp³-hybridized carbons (Fsp3) is 0.364. The van der Waals surface area contributed by atoms with Gasteiger partial charge >= 0.3 is 0 Å². The molecule has 0 atom stereocenters. The van der Waals surface area contributed by atoms with Crippen LogP contribution in [0.4, 0.5) is 5.69 Å². The Labute approximate surface area is 165 Å². The number of anilines is 1. The van der Waals surface area contributed by atoms with Crippen LogP contribution in [-0.4, -0.2) is 18.1 Å². The molecular formula is C22H26N2O2S. The Kier molecular flexibility index (Phi) is 6.93.